The Morgan fingerprint density at radius 1 is 1.22 bits per heavy atom. The first-order valence-corrected chi connectivity index (χ1v) is 8.13. The topological polar surface area (TPSA) is 52.9 Å². The molecule has 2 saturated carbocycles. The smallest absolute Gasteiger partial charge is 0.231 e. The summed E-state index contributed by atoms with van der Waals surface area (Å²) in [6.45, 7) is 0. The van der Waals surface area contributed by atoms with Crippen LogP contribution in [0, 0.1) is 11.3 Å². The lowest BCUT2D eigenvalue weighted by atomic mass is 9.83. The minimum atomic E-state index is -0.564. The highest BCUT2D eigenvalue weighted by atomic mass is 32.2. The van der Waals surface area contributed by atoms with E-state index in [1.165, 1.54) is 32.1 Å². The van der Waals surface area contributed by atoms with Crippen molar-refractivity contribution in [2.45, 2.75) is 68.6 Å². The van der Waals surface area contributed by atoms with Crippen molar-refractivity contribution >= 4 is 17.7 Å². The first-order valence-electron chi connectivity index (χ1n) is 7.08. The summed E-state index contributed by atoms with van der Waals surface area (Å²) in [5.74, 6) is 0.573. The first-order chi connectivity index (χ1) is 8.74. The number of amides is 1. The minimum absolute atomic E-state index is 0.0512. The molecule has 2 rings (SSSR count). The normalized spacial score (nSPS) is 23.5. The van der Waals surface area contributed by atoms with Crippen molar-refractivity contribution in [1.29, 1.82) is 5.26 Å². The number of carbonyl (C=O) groups excluding carboxylic acids is 1. The van der Waals surface area contributed by atoms with Gasteiger partial charge in [-0.25, -0.2) is 0 Å². The Hall–Kier alpha value is -0.690. The number of thioether (sulfide) groups is 1. The average molecular weight is 266 g/mol. The largest absolute Gasteiger partial charge is 0.337 e. The second-order valence-corrected chi connectivity index (χ2v) is 6.81. The average Bonchev–Trinajstić information content (AvgIpc) is 2.91. The third-order valence-electron chi connectivity index (χ3n) is 4.05. The molecule has 2 aliphatic carbocycles. The number of carbonyl (C=O) groups is 1. The van der Waals surface area contributed by atoms with Crippen LogP contribution in [-0.2, 0) is 4.79 Å². The van der Waals surface area contributed by atoms with Gasteiger partial charge in [-0.3, -0.25) is 4.79 Å². The van der Waals surface area contributed by atoms with Crippen LogP contribution in [0.15, 0.2) is 0 Å². The fourth-order valence-electron chi connectivity index (χ4n) is 2.97. The fraction of sp³-hybridized carbons (Fsp3) is 0.857. The van der Waals surface area contributed by atoms with Crippen molar-refractivity contribution in [2.24, 2.45) is 0 Å². The van der Waals surface area contributed by atoms with Crippen molar-refractivity contribution < 1.29 is 4.79 Å². The van der Waals surface area contributed by atoms with Crippen molar-refractivity contribution in [3.8, 4) is 6.07 Å². The molecule has 4 heteroatoms. The van der Waals surface area contributed by atoms with Gasteiger partial charge in [0.25, 0.3) is 0 Å². The lowest BCUT2D eigenvalue weighted by molar-refractivity contribution is -0.120. The monoisotopic (exact) mass is 266 g/mol. The molecule has 0 radical (unpaired) electrons. The zero-order valence-corrected chi connectivity index (χ0v) is 11.7. The fourth-order valence-corrected chi connectivity index (χ4v) is 4.10. The SMILES string of the molecule is N#CC1(NC(=O)CSC2CCCC2)CCCCC1. The van der Waals surface area contributed by atoms with Gasteiger partial charge in [0.1, 0.15) is 5.54 Å². The Kier molecular flexibility index (Phi) is 4.94. The molecule has 0 heterocycles. The maximum Gasteiger partial charge on any atom is 0.231 e. The van der Waals surface area contributed by atoms with Crippen LogP contribution in [0.2, 0.25) is 0 Å². The lowest BCUT2D eigenvalue weighted by Crippen LogP contribution is -2.49. The highest BCUT2D eigenvalue weighted by molar-refractivity contribution is 8.00. The van der Waals surface area contributed by atoms with Gasteiger partial charge in [0, 0.05) is 5.25 Å². The summed E-state index contributed by atoms with van der Waals surface area (Å²) < 4.78 is 0. The summed E-state index contributed by atoms with van der Waals surface area (Å²) in [5, 5.41) is 13.0. The van der Waals surface area contributed by atoms with Crippen LogP contribution >= 0.6 is 11.8 Å². The maximum absolute atomic E-state index is 11.9. The van der Waals surface area contributed by atoms with Gasteiger partial charge in [-0.1, -0.05) is 32.1 Å². The molecule has 18 heavy (non-hydrogen) atoms. The third-order valence-corrected chi connectivity index (χ3v) is 5.42. The summed E-state index contributed by atoms with van der Waals surface area (Å²) in [6.07, 6.45) is 10.1. The first kappa shape index (κ1) is 13.7. The van der Waals surface area contributed by atoms with E-state index in [0.717, 1.165) is 25.7 Å². The van der Waals surface area contributed by atoms with E-state index in [1.54, 1.807) is 11.8 Å². The molecule has 0 spiro atoms. The highest BCUT2D eigenvalue weighted by Crippen LogP contribution is 2.30. The molecule has 0 saturated heterocycles. The quantitative estimate of drug-likeness (QED) is 0.851. The van der Waals surface area contributed by atoms with Gasteiger partial charge in [-0.05, 0) is 25.7 Å². The molecule has 2 aliphatic rings. The van der Waals surface area contributed by atoms with E-state index in [9.17, 15) is 10.1 Å². The van der Waals surface area contributed by atoms with Gasteiger partial charge in [0.05, 0.1) is 11.8 Å². The van der Waals surface area contributed by atoms with E-state index >= 15 is 0 Å². The molecule has 0 aromatic rings. The predicted molar refractivity (Wildman–Crippen MR) is 74.3 cm³/mol. The van der Waals surface area contributed by atoms with Gasteiger partial charge in [-0.15, -0.1) is 11.8 Å². The van der Waals surface area contributed by atoms with Crippen LogP contribution in [0.1, 0.15) is 57.8 Å². The number of rotatable bonds is 4. The summed E-state index contributed by atoms with van der Waals surface area (Å²) >= 11 is 1.77. The predicted octanol–water partition coefficient (Wildman–Crippen LogP) is 3.00. The molecule has 1 amide bonds. The summed E-state index contributed by atoms with van der Waals surface area (Å²) in [4.78, 5) is 11.9. The van der Waals surface area contributed by atoms with E-state index in [-0.39, 0.29) is 5.91 Å². The van der Waals surface area contributed by atoms with E-state index in [2.05, 4.69) is 11.4 Å². The van der Waals surface area contributed by atoms with Crippen LogP contribution in [0.4, 0.5) is 0 Å². The number of nitrogens with zero attached hydrogens (tertiary/aromatic N) is 1. The van der Waals surface area contributed by atoms with Gasteiger partial charge in [0.15, 0.2) is 0 Å². The molecule has 0 aromatic heterocycles. The molecule has 3 nitrogen and oxygen atoms in total. The molecule has 0 bridgehead atoms. The molecule has 0 atom stereocenters. The van der Waals surface area contributed by atoms with Crippen LogP contribution in [0.3, 0.4) is 0 Å². The molecule has 0 aliphatic heterocycles. The van der Waals surface area contributed by atoms with E-state index < -0.39 is 5.54 Å². The Morgan fingerprint density at radius 3 is 2.50 bits per heavy atom. The Labute approximate surface area is 114 Å². The second-order valence-electron chi connectivity index (χ2n) is 5.52. The van der Waals surface area contributed by atoms with Crippen LogP contribution in [0.5, 0.6) is 0 Å². The Balaban J connectivity index is 1.76. The molecular formula is C14H22N2OS. The molecule has 100 valence electrons. The maximum atomic E-state index is 11.9. The van der Waals surface area contributed by atoms with Crippen molar-refractivity contribution in [3.63, 3.8) is 0 Å². The van der Waals surface area contributed by atoms with Gasteiger partial charge in [-0.2, -0.15) is 5.26 Å². The summed E-state index contributed by atoms with van der Waals surface area (Å²) in [5.41, 5.74) is -0.564. The molecule has 2 fully saturated rings. The zero-order valence-electron chi connectivity index (χ0n) is 10.9. The Morgan fingerprint density at radius 2 is 1.89 bits per heavy atom. The number of nitriles is 1. The number of nitrogens with one attached hydrogen (secondary N) is 1. The molecule has 0 aromatic carbocycles. The standard InChI is InChI=1S/C14H22N2OS/c15-11-14(8-4-1-5-9-14)16-13(17)10-18-12-6-2-3-7-12/h12H,1-10H2,(H,16,17). The van der Waals surface area contributed by atoms with Crippen LogP contribution in [-0.4, -0.2) is 22.4 Å². The highest BCUT2D eigenvalue weighted by Gasteiger charge is 2.33. The molecule has 0 unspecified atom stereocenters. The second kappa shape index (κ2) is 6.47. The van der Waals surface area contributed by atoms with Crippen molar-refractivity contribution in [1.82, 2.24) is 5.32 Å². The number of hydrogen-bond donors (Lipinski definition) is 1. The Bertz CT molecular complexity index is 325. The summed E-state index contributed by atoms with van der Waals surface area (Å²) in [6, 6.07) is 2.34. The summed E-state index contributed by atoms with van der Waals surface area (Å²) in [7, 11) is 0. The van der Waals surface area contributed by atoms with E-state index in [1.807, 2.05) is 0 Å². The van der Waals surface area contributed by atoms with Crippen molar-refractivity contribution in [3.05, 3.63) is 0 Å². The van der Waals surface area contributed by atoms with E-state index in [0.29, 0.717) is 11.0 Å². The van der Waals surface area contributed by atoms with E-state index in [4.69, 9.17) is 0 Å². The number of hydrogen-bond acceptors (Lipinski definition) is 3. The van der Waals surface area contributed by atoms with Gasteiger partial charge < -0.3 is 5.32 Å². The molecular weight excluding hydrogens is 244 g/mol. The molecule has 1 N–H and O–H groups in total. The van der Waals surface area contributed by atoms with Gasteiger partial charge >= 0.3 is 0 Å². The minimum Gasteiger partial charge on any atom is -0.337 e. The van der Waals surface area contributed by atoms with Crippen LogP contribution < -0.4 is 5.32 Å². The zero-order chi connectivity index (χ0) is 12.8. The third kappa shape index (κ3) is 3.65. The van der Waals surface area contributed by atoms with Crippen LogP contribution in [0.25, 0.3) is 0 Å². The lowest BCUT2D eigenvalue weighted by Gasteiger charge is -2.31. The van der Waals surface area contributed by atoms with Gasteiger partial charge in [0.2, 0.25) is 5.91 Å². The van der Waals surface area contributed by atoms with Crippen molar-refractivity contribution in [2.75, 3.05) is 5.75 Å².